The van der Waals surface area contributed by atoms with Crippen LogP contribution in [-0.4, -0.2) is 43.6 Å². The zero-order valence-corrected chi connectivity index (χ0v) is 22.6. The SMILES string of the molecule is CNC(=O)N(c1ccc(S(=O)(=O)Nc2ccncn2)cn1)c1cc(Cl)c(-c2ccc(F)c(C(F)(F)F)c2)cc1OC. The van der Waals surface area contributed by atoms with Gasteiger partial charge in [-0.2, -0.15) is 13.2 Å². The van der Waals surface area contributed by atoms with Crippen molar-refractivity contribution in [2.75, 3.05) is 23.8 Å². The summed E-state index contributed by atoms with van der Waals surface area (Å²) in [7, 11) is -1.50. The highest BCUT2D eigenvalue weighted by Crippen LogP contribution is 2.42. The summed E-state index contributed by atoms with van der Waals surface area (Å²) in [4.78, 5) is 25.3. The number of urea groups is 1. The van der Waals surface area contributed by atoms with Gasteiger partial charge in [-0.3, -0.25) is 4.72 Å². The summed E-state index contributed by atoms with van der Waals surface area (Å²) < 4.78 is 86.8. The van der Waals surface area contributed by atoms with E-state index in [0.29, 0.717) is 12.1 Å². The fraction of sp³-hybridized carbons (Fsp3) is 0.120. The van der Waals surface area contributed by atoms with Crippen LogP contribution in [0.2, 0.25) is 5.02 Å². The molecule has 0 aliphatic carbocycles. The van der Waals surface area contributed by atoms with Crippen LogP contribution in [0, 0.1) is 5.82 Å². The van der Waals surface area contributed by atoms with Gasteiger partial charge in [-0.05, 0) is 48.0 Å². The van der Waals surface area contributed by atoms with Crippen molar-refractivity contribution in [2.24, 2.45) is 0 Å². The Balaban J connectivity index is 1.75. The second-order valence-electron chi connectivity index (χ2n) is 8.14. The van der Waals surface area contributed by atoms with E-state index in [2.05, 4.69) is 25.0 Å². The van der Waals surface area contributed by atoms with Gasteiger partial charge in [0.15, 0.2) is 0 Å². The third kappa shape index (κ3) is 6.30. The Morgan fingerprint density at radius 2 is 1.83 bits per heavy atom. The Hall–Kier alpha value is -4.50. The van der Waals surface area contributed by atoms with E-state index in [1.54, 1.807) is 0 Å². The lowest BCUT2D eigenvalue weighted by Gasteiger charge is -2.24. The maximum absolute atomic E-state index is 13.8. The molecular weight excluding hydrogens is 592 g/mol. The number of carbonyl (C=O) groups excluding carboxylic acids is 1. The number of halogens is 5. The van der Waals surface area contributed by atoms with E-state index in [-0.39, 0.29) is 44.1 Å². The lowest BCUT2D eigenvalue weighted by Crippen LogP contribution is -2.35. The molecule has 0 saturated heterocycles. The van der Waals surface area contributed by atoms with Gasteiger partial charge in [-0.25, -0.2) is 37.5 Å². The molecule has 0 spiro atoms. The molecule has 0 atom stereocenters. The number of carbonyl (C=O) groups is 1. The normalized spacial score (nSPS) is 11.6. The van der Waals surface area contributed by atoms with E-state index in [1.165, 1.54) is 50.7 Å². The molecule has 10 nitrogen and oxygen atoms in total. The molecule has 2 amide bonds. The Labute approximate surface area is 236 Å². The molecule has 0 radical (unpaired) electrons. The van der Waals surface area contributed by atoms with Crippen molar-refractivity contribution in [3.8, 4) is 16.9 Å². The van der Waals surface area contributed by atoms with Crippen LogP contribution in [0.3, 0.4) is 0 Å². The zero-order chi connectivity index (χ0) is 29.9. The first-order chi connectivity index (χ1) is 19.4. The molecule has 0 aliphatic rings. The molecule has 214 valence electrons. The zero-order valence-electron chi connectivity index (χ0n) is 21.1. The molecule has 0 aliphatic heterocycles. The first-order valence-corrected chi connectivity index (χ1v) is 13.2. The van der Waals surface area contributed by atoms with Crippen LogP contribution in [0.1, 0.15) is 5.56 Å². The van der Waals surface area contributed by atoms with E-state index in [9.17, 15) is 30.8 Å². The van der Waals surface area contributed by atoms with Crippen molar-refractivity contribution in [3.05, 3.63) is 83.7 Å². The van der Waals surface area contributed by atoms with Crippen molar-refractivity contribution in [1.29, 1.82) is 0 Å². The molecule has 0 saturated carbocycles. The van der Waals surface area contributed by atoms with E-state index in [0.717, 1.165) is 23.5 Å². The number of hydrogen-bond donors (Lipinski definition) is 2. The topological polar surface area (TPSA) is 126 Å². The lowest BCUT2D eigenvalue weighted by atomic mass is 10.0. The molecular formula is C25H19ClF4N6O4S. The number of sulfonamides is 1. The standard InChI is InChI=1S/C25H19ClF4N6O4S/c1-31-24(37)36(23-6-4-15(12-33-23)41(38,39)35-22-7-8-32-13-34-22)20-11-18(26)16(10-21(20)40-2)14-3-5-19(27)17(9-14)25(28,29)30/h3-13H,1-2H3,(H,31,37)(H,32,34,35). The number of anilines is 3. The number of rotatable bonds is 7. The summed E-state index contributed by atoms with van der Waals surface area (Å²) in [5.74, 6) is -1.47. The highest BCUT2D eigenvalue weighted by atomic mass is 35.5. The quantitative estimate of drug-likeness (QED) is 0.259. The number of methoxy groups -OCH3 is 1. The van der Waals surface area contributed by atoms with Crippen molar-refractivity contribution >= 4 is 45.0 Å². The molecule has 41 heavy (non-hydrogen) atoms. The number of hydrogen-bond acceptors (Lipinski definition) is 7. The number of ether oxygens (including phenoxy) is 1. The van der Waals surface area contributed by atoms with Crippen LogP contribution in [0.5, 0.6) is 5.75 Å². The number of amides is 2. The number of nitrogens with one attached hydrogen (secondary N) is 2. The van der Waals surface area contributed by atoms with Gasteiger partial charge in [0.2, 0.25) is 0 Å². The summed E-state index contributed by atoms with van der Waals surface area (Å²) in [6.07, 6.45) is -1.42. The summed E-state index contributed by atoms with van der Waals surface area (Å²) in [6, 6.07) is 8.01. The minimum absolute atomic E-state index is 0.00481. The average Bonchev–Trinajstić information content (AvgIpc) is 2.93. The predicted molar refractivity (Wildman–Crippen MR) is 142 cm³/mol. The third-order valence-corrected chi connectivity index (χ3v) is 7.24. The molecule has 0 bridgehead atoms. The number of nitrogens with zero attached hydrogens (tertiary/aromatic N) is 4. The van der Waals surface area contributed by atoms with Gasteiger partial charge in [0.25, 0.3) is 10.0 Å². The van der Waals surface area contributed by atoms with Gasteiger partial charge >= 0.3 is 12.2 Å². The highest BCUT2D eigenvalue weighted by molar-refractivity contribution is 7.92. The molecule has 2 heterocycles. The van der Waals surface area contributed by atoms with Crippen LogP contribution < -0.4 is 19.7 Å². The largest absolute Gasteiger partial charge is 0.495 e. The van der Waals surface area contributed by atoms with Crippen LogP contribution in [-0.2, 0) is 16.2 Å². The number of benzene rings is 2. The highest BCUT2D eigenvalue weighted by Gasteiger charge is 2.34. The van der Waals surface area contributed by atoms with Gasteiger partial charge in [0.1, 0.15) is 34.4 Å². The van der Waals surface area contributed by atoms with Crippen LogP contribution in [0.25, 0.3) is 11.1 Å². The van der Waals surface area contributed by atoms with Crippen LogP contribution >= 0.6 is 11.6 Å². The first-order valence-electron chi connectivity index (χ1n) is 11.4. The molecule has 0 unspecified atom stereocenters. The predicted octanol–water partition coefficient (Wildman–Crippen LogP) is 5.64. The monoisotopic (exact) mass is 610 g/mol. The van der Waals surface area contributed by atoms with Crippen LogP contribution in [0.15, 0.2) is 72.1 Å². The van der Waals surface area contributed by atoms with E-state index in [4.69, 9.17) is 16.3 Å². The van der Waals surface area contributed by atoms with E-state index >= 15 is 0 Å². The number of alkyl halides is 3. The first kappa shape index (κ1) is 29.5. The van der Waals surface area contributed by atoms with Gasteiger partial charge in [-0.1, -0.05) is 17.7 Å². The van der Waals surface area contributed by atoms with Gasteiger partial charge in [0, 0.05) is 25.0 Å². The van der Waals surface area contributed by atoms with Gasteiger partial charge in [-0.15, -0.1) is 0 Å². The molecule has 4 aromatic rings. The number of aromatic nitrogens is 3. The maximum Gasteiger partial charge on any atom is 0.419 e. The Bertz CT molecular complexity index is 1690. The van der Waals surface area contributed by atoms with Crippen molar-refractivity contribution in [2.45, 2.75) is 11.1 Å². The van der Waals surface area contributed by atoms with Crippen molar-refractivity contribution < 1.29 is 35.5 Å². The molecule has 16 heteroatoms. The molecule has 2 N–H and O–H groups in total. The third-order valence-electron chi connectivity index (χ3n) is 5.59. The molecule has 2 aromatic heterocycles. The van der Waals surface area contributed by atoms with E-state index in [1.807, 2.05) is 0 Å². The summed E-state index contributed by atoms with van der Waals surface area (Å²) in [6.45, 7) is 0. The average molecular weight is 611 g/mol. The van der Waals surface area contributed by atoms with Crippen molar-refractivity contribution in [1.82, 2.24) is 20.3 Å². The lowest BCUT2D eigenvalue weighted by molar-refractivity contribution is -0.139. The fourth-order valence-corrected chi connectivity index (χ4v) is 4.89. The Morgan fingerprint density at radius 3 is 2.41 bits per heavy atom. The van der Waals surface area contributed by atoms with Crippen molar-refractivity contribution in [3.63, 3.8) is 0 Å². The van der Waals surface area contributed by atoms with Gasteiger partial charge in [0.05, 0.1) is 23.4 Å². The maximum atomic E-state index is 13.8. The minimum atomic E-state index is -4.94. The second-order valence-corrected chi connectivity index (χ2v) is 10.2. The molecule has 2 aromatic carbocycles. The van der Waals surface area contributed by atoms with Crippen LogP contribution in [0.4, 0.5) is 39.7 Å². The smallest absolute Gasteiger partial charge is 0.419 e. The van der Waals surface area contributed by atoms with E-state index < -0.39 is 33.6 Å². The Kier molecular flexibility index (Phi) is 8.30. The van der Waals surface area contributed by atoms with Gasteiger partial charge < -0.3 is 10.1 Å². The second kappa shape index (κ2) is 11.5. The Morgan fingerprint density at radius 1 is 1.07 bits per heavy atom. The summed E-state index contributed by atoms with van der Waals surface area (Å²) in [5, 5.41) is 2.33. The summed E-state index contributed by atoms with van der Waals surface area (Å²) in [5.41, 5.74) is -1.43. The molecule has 4 rings (SSSR count). The minimum Gasteiger partial charge on any atom is -0.495 e. The molecule has 0 fully saturated rings. The number of pyridine rings is 1. The fourth-order valence-electron chi connectivity index (χ4n) is 3.67. The summed E-state index contributed by atoms with van der Waals surface area (Å²) >= 11 is 6.43.